The Bertz CT molecular complexity index is 2040. The van der Waals surface area contributed by atoms with Crippen LogP contribution >= 0.6 is 0 Å². The third kappa shape index (κ3) is 13.1. The highest BCUT2D eigenvalue weighted by molar-refractivity contribution is 5.96. The molecule has 5 N–H and O–H groups in total. The average Bonchev–Trinajstić information content (AvgIpc) is 4.15. The van der Waals surface area contributed by atoms with Gasteiger partial charge in [-0.2, -0.15) is 0 Å². The van der Waals surface area contributed by atoms with Crippen molar-refractivity contribution in [3.05, 3.63) is 61.2 Å². The van der Waals surface area contributed by atoms with Crippen molar-refractivity contribution < 1.29 is 53.1 Å². The number of rotatable bonds is 10. The van der Waals surface area contributed by atoms with Gasteiger partial charge in [-0.05, 0) is 116 Å². The fraction of sp³-hybridized carbons (Fsp3) is 0.628. The highest BCUT2D eigenvalue weighted by Gasteiger charge is 2.53. The molecule has 2 saturated heterocycles. The number of aromatic carboxylic acids is 1. The summed E-state index contributed by atoms with van der Waals surface area (Å²) in [7, 11) is 4.24. The Kier molecular flexibility index (Phi) is 15.8. The Morgan fingerprint density at radius 1 is 0.794 bits per heavy atom. The molecule has 3 amide bonds. The predicted molar refractivity (Wildman–Crippen MR) is 233 cm³/mol. The molecule has 0 radical (unpaired) electrons. The van der Waals surface area contributed by atoms with Crippen molar-refractivity contribution in [3.63, 3.8) is 0 Å². The molecule has 0 bridgehead atoms. The van der Waals surface area contributed by atoms with E-state index in [0.717, 1.165) is 38.4 Å². The molecule has 4 aliphatic rings. The summed E-state index contributed by atoms with van der Waals surface area (Å²) in [4.78, 5) is 70.8. The third-order valence-electron chi connectivity index (χ3n) is 11.6. The summed E-state index contributed by atoms with van der Waals surface area (Å²) >= 11 is 0. The minimum absolute atomic E-state index is 0.00341. The molecule has 2 saturated carbocycles. The van der Waals surface area contributed by atoms with Crippen molar-refractivity contribution in [2.24, 2.45) is 10.8 Å². The van der Waals surface area contributed by atoms with Crippen LogP contribution in [0.15, 0.2) is 24.3 Å². The maximum atomic E-state index is 13.2. The number of piperidine rings is 2. The van der Waals surface area contributed by atoms with E-state index in [4.69, 9.17) is 24.1 Å². The van der Waals surface area contributed by atoms with Gasteiger partial charge in [-0.1, -0.05) is 6.92 Å². The standard InChI is InChI=1S/C22H31N3O6.C12H22N2O2.C9H10N2O5/c1-6-15-16(25(28)29)11-14(12-17(15)30-5)19(26)24-10-9-22(7-8-22)18(13-24)23-20(27)31-21(2,3)4;1-11(2,3)16-10(15)14-9-8-13-7-6-12(9)4-5-12;1-10-8-6(11(14)15)3-5(9(12)13)4-7(8)16-2/h11-12,18H,6-10,13H2,1-5H3,(H,23,27);9,13H,4-8H2,1-3H3,(H,14,15);3-4,10H,1-2H3,(H,12,13). The number of nitro groups is 2. The minimum atomic E-state index is -1.25. The number of carboxylic acids is 1. The number of carbonyl (C=O) groups excluding carboxylic acids is 3. The topological polar surface area (TPSA) is 263 Å². The highest BCUT2D eigenvalue weighted by atomic mass is 16.6. The molecule has 2 aliphatic heterocycles. The smallest absolute Gasteiger partial charge is 0.407 e. The predicted octanol–water partition coefficient (Wildman–Crippen LogP) is 6.68. The largest absolute Gasteiger partial charge is 0.496 e. The first kappa shape index (κ1) is 49.7. The van der Waals surface area contributed by atoms with Crippen LogP contribution in [0.25, 0.3) is 0 Å². The number of amides is 3. The lowest BCUT2D eigenvalue weighted by molar-refractivity contribution is -0.385. The lowest BCUT2D eigenvalue weighted by atomic mass is 9.88. The number of methoxy groups -OCH3 is 2. The number of benzene rings is 2. The average molecular weight is 886 g/mol. The van der Waals surface area contributed by atoms with E-state index < -0.39 is 33.1 Å². The van der Waals surface area contributed by atoms with Gasteiger partial charge in [0.1, 0.15) is 22.7 Å². The Morgan fingerprint density at radius 3 is 1.76 bits per heavy atom. The molecule has 63 heavy (non-hydrogen) atoms. The van der Waals surface area contributed by atoms with E-state index >= 15 is 0 Å². The summed E-state index contributed by atoms with van der Waals surface area (Å²) < 4.78 is 20.9. The van der Waals surface area contributed by atoms with Crippen molar-refractivity contribution >= 4 is 41.1 Å². The Hall–Kier alpha value is -5.92. The number of alkyl carbamates (subject to hydrolysis) is 2. The molecule has 2 aliphatic carbocycles. The minimum Gasteiger partial charge on any atom is -0.496 e. The van der Waals surface area contributed by atoms with Gasteiger partial charge in [0.2, 0.25) is 0 Å². The molecule has 2 heterocycles. The second kappa shape index (κ2) is 20.1. The van der Waals surface area contributed by atoms with Crippen LogP contribution < -0.4 is 30.7 Å². The van der Waals surface area contributed by atoms with E-state index in [9.17, 15) is 39.4 Å². The molecule has 2 spiro atoms. The number of hydrogen-bond acceptors (Lipinski definition) is 14. The van der Waals surface area contributed by atoms with E-state index in [-0.39, 0.29) is 63.4 Å². The third-order valence-corrected chi connectivity index (χ3v) is 11.6. The van der Waals surface area contributed by atoms with Gasteiger partial charge in [-0.25, -0.2) is 14.4 Å². The fourth-order valence-corrected chi connectivity index (χ4v) is 7.93. The second-order valence-corrected chi connectivity index (χ2v) is 18.2. The second-order valence-electron chi connectivity index (χ2n) is 18.2. The zero-order chi connectivity index (χ0) is 47.1. The van der Waals surface area contributed by atoms with Crippen LogP contribution in [0.2, 0.25) is 0 Å². The Morgan fingerprint density at radius 2 is 1.30 bits per heavy atom. The number of carbonyl (C=O) groups is 4. The van der Waals surface area contributed by atoms with E-state index in [1.54, 1.807) is 38.7 Å². The molecular weight excluding hydrogens is 823 g/mol. The number of ether oxygens (including phenoxy) is 4. The molecule has 348 valence electrons. The summed E-state index contributed by atoms with van der Waals surface area (Å²) in [5, 5.41) is 42.9. The number of nitrogens with zero attached hydrogens (tertiary/aromatic N) is 3. The lowest BCUT2D eigenvalue weighted by Gasteiger charge is -2.39. The van der Waals surface area contributed by atoms with E-state index in [2.05, 4.69) is 21.3 Å². The summed E-state index contributed by atoms with van der Waals surface area (Å²) in [6.45, 7) is 15.7. The van der Waals surface area contributed by atoms with Gasteiger partial charge < -0.3 is 50.2 Å². The quantitative estimate of drug-likeness (QED) is 0.123. The molecule has 0 aromatic heterocycles. The van der Waals surface area contributed by atoms with Crippen molar-refractivity contribution in [1.29, 1.82) is 0 Å². The van der Waals surface area contributed by atoms with Gasteiger partial charge in [0.15, 0.2) is 5.69 Å². The van der Waals surface area contributed by atoms with Crippen molar-refractivity contribution in [1.82, 2.24) is 20.9 Å². The van der Waals surface area contributed by atoms with Gasteiger partial charge in [-0.3, -0.25) is 25.0 Å². The van der Waals surface area contributed by atoms with Crippen LogP contribution in [0.4, 0.5) is 26.7 Å². The van der Waals surface area contributed by atoms with Crippen LogP contribution in [0.5, 0.6) is 11.5 Å². The van der Waals surface area contributed by atoms with Crippen LogP contribution in [0, 0.1) is 31.1 Å². The monoisotopic (exact) mass is 885 g/mol. The number of carboxylic acid groups (broad SMARTS) is 1. The number of likely N-dealkylation sites (tertiary alicyclic amines) is 1. The summed E-state index contributed by atoms with van der Waals surface area (Å²) in [6.07, 6.45) is 6.07. The van der Waals surface area contributed by atoms with Gasteiger partial charge in [-0.15, -0.1) is 0 Å². The van der Waals surface area contributed by atoms with Crippen LogP contribution in [-0.4, -0.2) is 115 Å². The zero-order valence-corrected chi connectivity index (χ0v) is 37.9. The lowest BCUT2D eigenvalue weighted by Crippen LogP contribution is -2.55. The molecule has 4 fully saturated rings. The van der Waals surface area contributed by atoms with Gasteiger partial charge in [0.25, 0.3) is 17.3 Å². The van der Waals surface area contributed by atoms with Crippen molar-refractivity contribution in [3.8, 4) is 11.5 Å². The fourth-order valence-electron chi connectivity index (χ4n) is 7.93. The maximum absolute atomic E-state index is 13.2. The molecule has 2 unspecified atom stereocenters. The van der Waals surface area contributed by atoms with Crippen molar-refractivity contribution in [2.45, 2.75) is 117 Å². The Labute approximate surface area is 367 Å². The molecule has 2 aromatic carbocycles. The number of nitro benzene ring substituents is 2. The molecule has 2 atom stereocenters. The summed E-state index contributed by atoms with van der Waals surface area (Å²) in [5.74, 6) is -1.10. The first-order chi connectivity index (χ1) is 29.4. The van der Waals surface area contributed by atoms with Gasteiger partial charge in [0, 0.05) is 38.8 Å². The number of hydrogen-bond donors (Lipinski definition) is 5. The summed E-state index contributed by atoms with van der Waals surface area (Å²) in [5.41, 5.74) is -0.466. The highest BCUT2D eigenvalue weighted by Crippen LogP contribution is 2.54. The Balaban J connectivity index is 0.000000229. The molecule has 20 heteroatoms. The molecular formula is C43H63N7O13. The van der Waals surface area contributed by atoms with Crippen molar-refractivity contribution in [2.75, 3.05) is 52.8 Å². The van der Waals surface area contributed by atoms with Crippen LogP contribution in [0.3, 0.4) is 0 Å². The zero-order valence-electron chi connectivity index (χ0n) is 37.9. The van der Waals surface area contributed by atoms with Gasteiger partial charge in [0.05, 0.1) is 52.8 Å². The molecule has 2 aromatic rings. The maximum Gasteiger partial charge on any atom is 0.407 e. The molecule has 6 rings (SSSR count). The first-order valence-electron chi connectivity index (χ1n) is 21.0. The van der Waals surface area contributed by atoms with Gasteiger partial charge >= 0.3 is 18.2 Å². The molecule has 20 nitrogen and oxygen atoms in total. The SMILES string of the molecule is CC(C)(C)OC(=O)NC1CNCCC12CC2.CCc1c(OC)cc(C(=O)N2CCC3(CC3)C(NC(=O)OC(C)(C)C)C2)cc1[N+](=O)[O-].CNc1c(OC)cc(C(=O)O)cc1[N+](=O)[O-]. The van der Waals surface area contributed by atoms with Crippen LogP contribution in [0.1, 0.15) is 113 Å². The van der Waals surface area contributed by atoms with E-state index in [1.807, 2.05) is 20.8 Å². The van der Waals surface area contributed by atoms with E-state index in [0.29, 0.717) is 36.2 Å². The number of nitrogens with one attached hydrogen (secondary N) is 4. The first-order valence-corrected chi connectivity index (χ1v) is 21.0. The van der Waals surface area contributed by atoms with E-state index in [1.165, 1.54) is 52.7 Å². The normalized spacial score (nSPS) is 19.1. The summed E-state index contributed by atoms with van der Waals surface area (Å²) in [6, 6.07) is 5.12. The van der Waals surface area contributed by atoms with Crippen LogP contribution in [-0.2, 0) is 15.9 Å². The number of anilines is 1.